The molecule has 2 aliphatic heterocycles. The molecule has 2 N–H and O–H groups in total. The highest BCUT2D eigenvalue weighted by molar-refractivity contribution is 5.81. The number of hydrogen-bond acceptors (Lipinski definition) is 4. The molecular weight excluding hydrogens is 266 g/mol. The zero-order chi connectivity index (χ0) is 14.2. The molecule has 2 aliphatic rings. The van der Waals surface area contributed by atoms with Gasteiger partial charge in [0.15, 0.2) is 0 Å². The predicted octanol–water partition coefficient (Wildman–Crippen LogP) is 1.36. The topological polar surface area (TPSA) is 67.0 Å². The zero-order valence-corrected chi connectivity index (χ0v) is 11.9. The van der Waals surface area contributed by atoms with Crippen molar-refractivity contribution in [3.8, 4) is 0 Å². The van der Waals surface area contributed by atoms with Crippen molar-refractivity contribution in [2.24, 2.45) is 5.92 Å². The summed E-state index contributed by atoms with van der Waals surface area (Å²) < 4.78 is 6.10. The highest BCUT2D eigenvalue weighted by atomic mass is 16.5. The molecule has 2 aromatic rings. The van der Waals surface area contributed by atoms with Gasteiger partial charge in [-0.25, -0.2) is 0 Å². The number of pyridine rings is 2. The van der Waals surface area contributed by atoms with E-state index in [1.807, 2.05) is 6.07 Å². The van der Waals surface area contributed by atoms with E-state index in [0.717, 1.165) is 49.1 Å². The van der Waals surface area contributed by atoms with Gasteiger partial charge in [0.25, 0.3) is 5.56 Å². The number of rotatable bonds is 1. The third-order valence-electron chi connectivity index (χ3n) is 4.72. The minimum absolute atomic E-state index is 0.0391. The lowest BCUT2D eigenvalue weighted by Gasteiger charge is -2.34. The van der Waals surface area contributed by atoms with Crippen molar-refractivity contribution in [1.29, 1.82) is 0 Å². The first-order chi connectivity index (χ1) is 10.3. The second-order valence-electron chi connectivity index (χ2n) is 5.95. The van der Waals surface area contributed by atoms with E-state index in [9.17, 15) is 4.79 Å². The van der Waals surface area contributed by atoms with Crippen molar-refractivity contribution in [3.05, 3.63) is 39.9 Å². The van der Waals surface area contributed by atoms with Crippen LogP contribution >= 0.6 is 0 Å². The van der Waals surface area contributed by atoms with Gasteiger partial charge in [0, 0.05) is 23.9 Å². The molecule has 0 amide bonds. The van der Waals surface area contributed by atoms with E-state index in [0.29, 0.717) is 17.9 Å². The van der Waals surface area contributed by atoms with Crippen LogP contribution in [-0.2, 0) is 17.8 Å². The Bertz CT molecular complexity index is 719. The lowest BCUT2D eigenvalue weighted by atomic mass is 9.87. The molecule has 0 bridgehead atoms. The summed E-state index contributed by atoms with van der Waals surface area (Å²) >= 11 is 0. The fraction of sp³-hybridized carbons (Fsp3) is 0.500. The maximum absolute atomic E-state index is 12.2. The monoisotopic (exact) mass is 285 g/mol. The summed E-state index contributed by atoms with van der Waals surface area (Å²) in [6.45, 7) is 2.68. The number of aromatic amines is 1. The van der Waals surface area contributed by atoms with Crippen molar-refractivity contribution in [3.63, 3.8) is 0 Å². The van der Waals surface area contributed by atoms with Crippen molar-refractivity contribution in [2.45, 2.75) is 32.0 Å². The van der Waals surface area contributed by atoms with Crippen molar-refractivity contribution >= 4 is 10.9 Å². The summed E-state index contributed by atoms with van der Waals surface area (Å²) in [4.78, 5) is 19.6. The Morgan fingerprint density at radius 3 is 3.00 bits per heavy atom. The normalized spacial score (nSPS) is 23.1. The molecule has 0 aliphatic carbocycles. The molecule has 2 aromatic heterocycles. The van der Waals surface area contributed by atoms with E-state index < -0.39 is 0 Å². The summed E-state index contributed by atoms with van der Waals surface area (Å²) in [6, 6.07) is 3.62. The van der Waals surface area contributed by atoms with Crippen LogP contribution in [0.3, 0.4) is 0 Å². The van der Waals surface area contributed by atoms with Crippen LogP contribution in [0.5, 0.6) is 0 Å². The standard InChI is InChI=1S/C16H19N3O2/c20-16-11-2-1-5-18-15(11)12-9-21-14(8-13(12)19-16)10-3-6-17-7-4-10/h1-2,5,10,14,17H,3-4,6-9H2,(H,19,20). The van der Waals surface area contributed by atoms with Gasteiger partial charge in [-0.2, -0.15) is 0 Å². The molecule has 1 saturated heterocycles. The van der Waals surface area contributed by atoms with E-state index in [1.54, 1.807) is 12.3 Å². The molecule has 21 heavy (non-hydrogen) atoms. The van der Waals surface area contributed by atoms with Gasteiger partial charge < -0.3 is 15.0 Å². The molecular formula is C16H19N3O2. The molecule has 4 rings (SSSR count). The Labute approximate surface area is 122 Å². The highest BCUT2D eigenvalue weighted by Crippen LogP contribution is 2.29. The largest absolute Gasteiger partial charge is 0.373 e. The lowest BCUT2D eigenvalue weighted by molar-refractivity contribution is -0.0187. The van der Waals surface area contributed by atoms with E-state index in [2.05, 4.69) is 15.3 Å². The summed E-state index contributed by atoms with van der Waals surface area (Å²) in [5.41, 5.74) is 2.82. The predicted molar refractivity (Wildman–Crippen MR) is 80.2 cm³/mol. The van der Waals surface area contributed by atoms with Gasteiger partial charge in [0.05, 0.1) is 23.6 Å². The van der Waals surface area contributed by atoms with Gasteiger partial charge >= 0.3 is 0 Å². The molecule has 0 aromatic carbocycles. The minimum Gasteiger partial charge on any atom is -0.373 e. The summed E-state index contributed by atoms with van der Waals surface area (Å²) in [5.74, 6) is 0.585. The molecule has 5 heteroatoms. The van der Waals surface area contributed by atoms with Crippen LogP contribution in [0.2, 0.25) is 0 Å². The number of H-pyrrole nitrogens is 1. The molecule has 1 fully saturated rings. The first-order valence-electron chi connectivity index (χ1n) is 7.64. The lowest BCUT2D eigenvalue weighted by Crippen LogP contribution is -2.38. The SMILES string of the molecule is O=c1[nH]c2c(c3ncccc13)COC(C1CCNCC1)C2. The highest BCUT2D eigenvalue weighted by Gasteiger charge is 2.30. The van der Waals surface area contributed by atoms with Crippen LogP contribution < -0.4 is 10.9 Å². The van der Waals surface area contributed by atoms with Crippen LogP contribution in [-0.4, -0.2) is 29.2 Å². The quantitative estimate of drug-likeness (QED) is 0.830. The zero-order valence-electron chi connectivity index (χ0n) is 11.9. The number of aromatic nitrogens is 2. The number of ether oxygens (including phenoxy) is 1. The van der Waals surface area contributed by atoms with Crippen molar-refractivity contribution in [1.82, 2.24) is 15.3 Å². The molecule has 0 saturated carbocycles. The van der Waals surface area contributed by atoms with E-state index in [-0.39, 0.29) is 11.7 Å². The van der Waals surface area contributed by atoms with E-state index in [4.69, 9.17) is 4.74 Å². The second-order valence-corrected chi connectivity index (χ2v) is 5.95. The smallest absolute Gasteiger partial charge is 0.257 e. The maximum Gasteiger partial charge on any atom is 0.257 e. The maximum atomic E-state index is 12.2. The van der Waals surface area contributed by atoms with Crippen LogP contribution in [0, 0.1) is 5.92 Å². The Morgan fingerprint density at radius 2 is 2.14 bits per heavy atom. The number of fused-ring (bicyclic) bond motifs is 3. The van der Waals surface area contributed by atoms with Crippen LogP contribution in [0.4, 0.5) is 0 Å². The van der Waals surface area contributed by atoms with Gasteiger partial charge in [0.2, 0.25) is 0 Å². The minimum atomic E-state index is -0.0391. The molecule has 110 valence electrons. The number of nitrogens with one attached hydrogen (secondary N) is 2. The Morgan fingerprint density at radius 1 is 1.29 bits per heavy atom. The Kier molecular flexibility index (Phi) is 3.24. The van der Waals surface area contributed by atoms with Gasteiger partial charge in [-0.3, -0.25) is 9.78 Å². The number of nitrogens with zero attached hydrogens (tertiary/aromatic N) is 1. The van der Waals surface area contributed by atoms with Crippen LogP contribution in [0.15, 0.2) is 23.1 Å². The summed E-state index contributed by atoms with van der Waals surface area (Å²) in [5, 5.41) is 4.04. The Hall–Kier alpha value is -1.72. The molecule has 4 heterocycles. The van der Waals surface area contributed by atoms with Gasteiger partial charge in [0.1, 0.15) is 0 Å². The second kappa shape index (κ2) is 5.24. The fourth-order valence-electron chi connectivity index (χ4n) is 3.55. The van der Waals surface area contributed by atoms with Crippen molar-refractivity contribution in [2.75, 3.05) is 13.1 Å². The van der Waals surface area contributed by atoms with Gasteiger partial charge in [-0.15, -0.1) is 0 Å². The molecule has 1 atom stereocenters. The van der Waals surface area contributed by atoms with Crippen LogP contribution in [0.1, 0.15) is 24.1 Å². The van der Waals surface area contributed by atoms with Gasteiger partial charge in [-0.05, 0) is 44.0 Å². The summed E-state index contributed by atoms with van der Waals surface area (Å²) in [7, 11) is 0. The number of piperidine rings is 1. The van der Waals surface area contributed by atoms with Crippen LogP contribution in [0.25, 0.3) is 10.9 Å². The first kappa shape index (κ1) is 13.0. The van der Waals surface area contributed by atoms with E-state index >= 15 is 0 Å². The average molecular weight is 285 g/mol. The molecule has 0 radical (unpaired) electrons. The van der Waals surface area contributed by atoms with Gasteiger partial charge in [-0.1, -0.05) is 0 Å². The van der Waals surface area contributed by atoms with Crippen molar-refractivity contribution < 1.29 is 4.74 Å². The molecule has 1 unspecified atom stereocenters. The summed E-state index contributed by atoms with van der Waals surface area (Å²) in [6.07, 6.45) is 5.05. The fourth-order valence-corrected chi connectivity index (χ4v) is 3.55. The first-order valence-corrected chi connectivity index (χ1v) is 7.64. The van der Waals surface area contributed by atoms with E-state index in [1.165, 1.54) is 0 Å². The number of hydrogen-bond donors (Lipinski definition) is 2. The molecule has 0 spiro atoms. The molecule has 5 nitrogen and oxygen atoms in total. The average Bonchev–Trinajstić information content (AvgIpc) is 2.55. The third kappa shape index (κ3) is 2.26. The third-order valence-corrected chi connectivity index (χ3v) is 4.72. The Balaban J connectivity index is 1.71.